The molecule has 0 aromatic rings. The highest BCUT2D eigenvalue weighted by Gasteiger charge is 2.14. The monoisotopic (exact) mass is 365 g/mol. The minimum atomic E-state index is -1.51. The topological polar surface area (TPSA) is 49.3 Å². The molecular weight excluding hydrogens is 329 g/mol. The lowest BCUT2D eigenvalue weighted by atomic mass is 10.2. The summed E-state index contributed by atoms with van der Waals surface area (Å²) < 4.78 is 13.4. The van der Waals surface area contributed by atoms with E-state index in [4.69, 9.17) is 5.11 Å². The number of aliphatic hydroxyl groups excluding tert-OH is 1. The molecule has 4 heteroatoms. The Morgan fingerprint density at radius 1 is 0.923 bits per heavy atom. The molecule has 0 fully saturated rings. The van der Waals surface area contributed by atoms with E-state index in [9.17, 15) is 9.18 Å². The van der Waals surface area contributed by atoms with Crippen LogP contribution in [0.2, 0.25) is 0 Å². The summed E-state index contributed by atoms with van der Waals surface area (Å²) in [7, 11) is 0. The number of carbonyl (C=O) groups is 1. The average Bonchev–Trinajstić information content (AvgIpc) is 2.65. The molecule has 148 valence electrons. The van der Waals surface area contributed by atoms with Crippen molar-refractivity contribution in [2.24, 2.45) is 0 Å². The number of carbonyl (C=O) groups excluding carboxylic acids is 1. The minimum Gasteiger partial charge on any atom is -0.395 e. The van der Waals surface area contributed by atoms with Crippen LogP contribution in [0.15, 0.2) is 48.6 Å². The van der Waals surface area contributed by atoms with Crippen LogP contribution in [0.25, 0.3) is 0 Å². The Bertz CT molecular complexity index is 441. The Balaban J connectivity index is 3.58. The van der Waals surface area contributed by atoms with Gasteiger partial charge in [0.25, 0.3) is 5.91 Å². The maximum atomic E-state index is 13.4. The van der Waals surface area contributed by atoms with Crippen molar-refractivity contribution >= 4 is 5.91 Å². The first-order valence-corrected chi connectivity index (χ1v) is 9.85. The van der Waals surface area contributed by atoms with Gasteiger partial charge in [0.1, 0.15) is 0 Å². The Morgan fingerprint density at radius 2 is 1.46 bits per heavy atom. The summed E-state index contributed by atoms with van der Waals surface area (Å²) in [5, 5.41) is 10.9. The summed E-state index contributed by atoms with van der Waals surface area (Å²) in [6, 6.07) is 0. The smallest absolute Gasteiger partial charge is 0.254 e. The van der Waals surface area contributed by atoms with Crippen molar-refractivity contribution in [3.63, 3.8) is 0 Å². The SMILES string of the molecule is CCCCC/C=C\C/C=C\C/C=C\C/C=C\CCC(F)C(=O)NCCO. The fraction of sp³-hybridized carbons (Fsp3) is 0.591. The fourth-order valence-corrected chi connectivity index (χ4v) is 2.22. The molecule has 0 aliphatic rings. The van der Waals surface area contributed by atoms with Crippen LogP contribution in [-0.4, -0.2) is 30.3 Å². The van der Waals surface area contributed by atoms with E-state index in [0.29, 0.717) is 6.42 Å². The van der Waals surface area contributed by atoms with Gasteiger partial charge in [-0.05, 0) is 44.9 Å². The number of allylic oxidation sites excluding steroid dienone is 8. The summed E-state index contributed by atoms with van der Waals surface area (Å²) in [6.07, 6.45) is 23.9. The summed E-state index contributed by atoms with van der Waals surface area (Å²) in [5.74, 6) is -0.644. The molecule has 2 N–H and O–H groups in total. The van der Waals surface area contributed by atoms with Gasteiger partial charge < -0.3 is 10.4 Å². The highest BCUT2D eigenvalue weighted by molar-refractivity contribution is 5.80. The number of hydrogen-bond donors (Lipinski definition) is 2. The zero-order valence-corrected chi connectivity index (χ0v) is 16.2. The van der Waals surface area contributed by atoms with Crippen molar-refractivity contribution in [2.45, 2.75) is 70.9 Å². The van der Waals surface area contributed by atoms with Gasteiger partial charge >= 0.3 is 0 Å². The largest absolute Gasteiger partial charge is 0.395 e. The van der Waals surface area contributed by atoms with Crippen molar-refractivity contribution in [1.82, 2.24) is 5.32 Å². The first-order chi connectivity index (χ1) is 12.7. The minimum absolute atomic E-state index is 0.101. The molecular formula is C22H36FNO2. The molecule has 0 aliphatic heterocycles. The Hall–Kier alpha value is -1.68. The van der Waals surface area contributed by atoms with Gasteiger partial charge in [0.05, 0.1) is 6.61 Å². The van der Waals surface area contributed by atoms with Crippen molar-refractivity contribution in [3.05, 3.63) is 48.6 Å². The zero-order chi connectivity index (χ0) is 19.3. The van der Waals surface area contributed by atoms with Crippen LogP contribution < -0.4 is 5.32 Å². The standard InChI is InChI=1S/C22H36FNO2/c1-2-3-4-5-6-7-8-9-10-11-12-13-14-15-16-17-18-21(23)22(26)24-19-20-25/h6-7,9-10,12-13,15-16,21,25H,2-5,8,11,14,17-20H2,1H3,(H,24,26)/b7-6-,10-9-,13-12-,16-15-. The van der Waals surface area contributed by atoms with E-state index in [2.05, 4.69) is 48.7 Å². The molecule has 0 heterocycles. The number of unbranched alkanes of at least 4 members (excludes halogenated alkanes) is 3. The number of halogens is 1. The van der Waals surface area contributed by atoms with Gasteiger partial charge in [-0.2, -0.15) is 0 Å². The van der Waals surface area contributed by atoms with Crippen molar-refractivity contribution < 1.29 is 14.3 Å². The molecule has 0 saturated carbocycles. The highest BCUT2D eigenvalue weighted by Crippen LogP contribution is 2.04. The quantitative estimate of drug-likeness (QED) is 0.292. The van der Waals surface area contributed by atoms with Crippen molar-refractivity contribution in [3.8, 4) is 0 Å². The van der Waals surface area contributed by atoms with Gasteiger partial charge in [0.15, 0.2) is 6.17 Å². The molecule has 0 aliphatic carbocycles. The van der Waals surface area contributed by atoms with Gasteiger partial charge in [0.2, 0.25) is 0 Å². The van der Waals surface area contributed by atoms with E-state index < -0.39 is 12.1 Å². The average molecular weight is 366 g/mol. The van der Waals surface area contributed by atoms with E-state index in [1.807, 2.05) is 12.2 Å². The van der Waals surface area contributed by atoms with Gasteiger partial charge in [-0.3, -0.25) is 4.79 Å². The molecule has 0 radical (unpaired) electrons. The molecule has 0 aromatic carbocycles. The molecule has 0 bridgehead atoms. The molecule has 3 nitrogen and oxygen atoms in total. The second-order valence-electron chi connectivity index (χ2n) is 6.15. The van der Waals surface area contributed by atoms with Crippen LogP contribution in [0.3, 0.4) is 0 Å². The molecule has 0 rings (SSSR count). The second-order valence-corrected chi connectivity index (χ2v) is 6.15. The maximum Gasteiger partial charge on any atom is 0.254 e. The molecule has 0 spiro atoms. The molecule has 1 amide bonds. The lowest BCUT2D eigenvalue weighted by Gasteiger charge is -2.06. The number of rotatable bonds is 16. The van der Waals surface area contributed by atoms with Gasteiger partial charge in [-0.25, -0.2) is 4.39 Å². The molecule has 1 unspecified atom stereocenters. The summed E-state index contributed by atoms with van der Waals surface area (Å²) in [5.41, 5.74) is 0. The van der Waals surface area contributed by atoms with E-state index in [-0.39, 0.29) is 19.6 Å². The number of aliphatic hydroxyl groups is 1. The Morgan fingerprint density at radius 3 is 2.00 bits per heavy atom. The summed E-state index contributed by atoms with van der Waals surface area (Å²) >= 11 is 0. The predicted octanol–water partition coefficient (Wildman–Crippen LogP) is 5.19. The second kappa shape index (κ2) is 19.6. The number of nitrogens with one attached hydrogen (secondary N) is 1. The van der Waals surface area contributed by atoms with Crippen LogP contribution in [0.4, 0.5) is 4.39 Å². The highest BCUT2D eigenvalue weighted by atomic mass is 19.1. The third-order valence-electron chi connectivity index (χ3n) is 3.74. The molecule has 0 saturated heterocycles. The summed E-state index contributed by atoms with van der Waals surface area (Å²) in [6.45, 7) is 2.15. The number of amides is 1. The maximum absolute atomic E-state index is 13.4. The van der Waals surface area contributed by atoms with Crippen LogP contribution in [-0.2, 0) is 4.79 Å². The van der Waals surface area contributed by atoms with Gasteiger partial charge in [-0.1, -0.05) is 68.4 Å². The van der Waals surface area contributed by atoms with E-state index in [0.717, 1.165) is 19.3 Å². The third-order valence-corrected chi connectivity index (χ3v) is 3.74. The third kappa shape index (κ3) is 17.2. The molecule has 0 aromatic heterocycles. The lowest BCUT2D eigenvalue weighted by Crippen LogP contribution is -2.33. The molecule has 26 heavy (non-hydrogen) atoms. The van der Waals surface area contributed by atoms with Gasteiger partial charge in [-0.15, -0.1) is 0 Å². The summed E-state index contributed by atoms with van der Waals surface area (Å²) in [4.78, 5) is 11.3. The first kappa shape index (κ1) is 24.3. The Kier molecular flexibility index (Phi) is 18.4. The predicted molar refractivity (Wildman–Crippen MR) is 109 cm³/mol. The number of alkyl halides is 1. The van der Waals surface area contributed by atoms with Crippen LogP contribution in [0.1, 0.15) is 64.7 Å². The van der Waals surface area contributed by atoms with Crippen LogP contribution in [0.5, 0.6) is 0 Å². The zero-order valence-electron chi connectivity index (χ0n) is 16.2. The van der Waals surface area contributed by atoms with Crippen LogP contribution in [0, 0.1) is 0 Å². The first-order valence-electron chi connectivity index (χ1n) is 9.85. The normalized spacial score (nSPS) is 13.5. The van der Waals surface area contributed by atoms with Crippen molar-refractivity contribution in [2.75, 3.05) is 13.2 Å². The van der Waals surface area contributed by atoms with Gasteiger partial charge in [0, 0.05) is 6.54 Å². The lowest BCUT2D eigenvalue weighted by molar-refractivity contribution is -0.126. The Labute approximate surface area is 158 Å². The van der Waals surface area contributed by atoms with Crippen LogP contribution >= 0.6 is 0 Å². The molecule has 1 atom stereocenters. The van der Waals surface area contributed by atoms with E-state index in [1.165, 1.54) is 25.7 Å². The number of hydrogen-bond acceptors (Lipinski definition) is 2. The van der Waals surface area contributed by atoms with Crippen molar-refractivity contribution in [1.29, 1.82) is 0 Å². The fourth-order valence-electron chi connectivity index (χ4n) is 2.22. The van der Waals surface area contributed by atoms with E-state index in [1.54, 1.807) is 0 Å². The van der Waals surface area contributed by atoms with E-state index >= 15 is 0 Å².